The van der Waals surface area contributed by atoms with Crippen molar-refractivity contribution in [3.63, 3.8) is 0 Å². The number of ether oxygens (including phenoxy) is 1. The Kier molecular flexibility index (Phi) is 5.04. The summed E-state index contributed by atoms with van der Waals surface area (Å²) in [5, 5.41) is 3.12. The quantitative estimate of drug-likeness (QED) is 0.648. The first-order chi connectivity index (χ1) is 11.6. The molecule has 0 bridgehead atoms. The highest BCUT2D eigenvalue weighted by Gasteiger charge is 2.10. The van der Waals surface area contributed by atoms with E-state index < -0.39 is 0 Å². The molecule has 0 aromatic heterocycles. The number of anilines is 1. The van der Waals surface area contributed by atoms with Gasteiger partial charge in [-0.3, -0.25) is 0 Å². The van der Waals surface area contributed by atoms with E-state index in [2.05, 4.69) is 28.5 Å². The van der Waals surface area contributed by atoms with Crippen molar-refractivity contribution in [1.29, 1.82) is 0 Å². The van der Waals surface area contributed by atoms with E-state index in [0.717, 1.165) is 11.4 Å². The second-order valence-corrected chi connectivity index (χ2v) is 6.47. The SMILES string of the molecule is CC(C)Oc1ccc(NC(N)=NCc2ccc3c(c2)CCC3)cc1. The van der Waals surface area contributed by atoms with Crippen molar-refractivity contribution < 1.29 is 4.74 Å². The highest BCUT2D eigenvalue weighted by Crippen LogP contribution is 2.23. The van der Waals surface area contributed by atoms with Crippen molar-refractivity contribution in [2.75, 3.05) is 5.32 Å². The van der Waals surface area contributed by atoms with E-state index in [0.29, 0.717) is 12.5 Å². The van der Waals surface area contributed by atoms with Crippen LogP contribution in [0.2, 0.25) is 0 Å². The molecule has 0 atom stereocenters. The van der Waals surface area contributed by atoms with Crippen LogP contribution < -0.4 is 15.8 Å². The fourth-order valence-electron chi connectivity index (χ4n) is 2.98. The van der Waals surface area contributed by atoms with Crippen LogP contribution in [0.15, 0.2) is 47.5 Å². The normalized spacial score (nSPS) is 13.9. The lowest BCUT2D eigenvalue weighted by atomic mass is 10.1. The van der Waals surface area contributed by atoms with Gasteiger partial charge in [0, 0.05) is 5.69 Å². The van der Waals surface area contributed by atoms with E-state index in [1.54, 1.807) is 0 Å². The molecule has 0 saturated heterocycles. The van der Waals surface area contributed by atoms with E-state index in [1.807, 2.05) is 38.1 Å². The fourth-order valence-corrected chi connectivity index (χ4v) is 2.98. The van der Waals surface area contributed by atoms with Crippen LogP contribution in [0.25, 0.3) is 0 Å². The largest absolute Gasteiger partial charge is 0.491 e. The molecule has 4 heteroatoms. The van der Waals surface area contributed by atoms with Crippen molar-refractivity contribution in [2.24, 2.45) is 10.7 Å². The maximum Gasteiger partial charge on any atom is 0.193 e. The summed E-state index contributed by atoms with van der Waals surface area (Å²) < 4.78 is 5.63. The summed E-state index contributed by atoms with van der Waals surface area (Å²) in [6, 6.07) is 14.4. The van der Waals surface area contributed by atoms with Gasteiger partial charge in [-0.2, -0.15) is 0 Å². The average molecular weight is 323 g/mol. The third-order valence-electron chi connectivity index (χ3n) is 4.09. The highest BCUT2D eigenvalue weighted by molar-refractivity contribution is 5.92. The average Bonchev–Trinajstić information content (AvgIpc) is 3.02. The van der Waals surface area contributed by atoms with Gasteiger partial charge in [-0.05, 0) is 74.1 Å². The topological polar surface area (TPSA) is 59.6 Å². The number of aryl methyl sites for hydroxylation is 2. The molecule has 24 heavy (non-hydrogen) atoms. The molecule has 0 unspecified atom stereocenters. The van der Waals surface area contributed by atoms with E-state index in [4.69, 9.17) is 10.5 Å². The molecule has 0 heterocycles. The van der Waals surface area contributed by atoms with Gasteiger partial charge in [-0.25, -0.2) is 4.99 Å². The summed E-state index contributed by atoms with van der Waals surface area (Å²) in [5.74, 6) is 1.28. The Labute approximate surface area is 143 Å². The third-order valence-corrected chi connectivity index (χ3v) is 4.09. The Bertz CT molecular complexity index is 720. The predicted octanol–water partition coefficient (Wildman–Crippen LogP) is 3.89. The van der Waals surface area contributed by atoms with Gasteiger partial charge in [-0.1, -0.05) is 18.2 Å². The van der Waals surface area contributed by atoms with Crippen LogP contribution in [0.3, 0.4) is 0 Å². The molecule has 0 saturated carbocycles. The molecule has 0 spiro atoms. The zero-order valence-corrected chi connectivity index (χ0v) is 14.4. The van der Waals surface area contributed by atoms with Gasteiger partial charge in [0.1, 0.15) is 5.75 Å². The number of benzene rings is 2. The molecule has 1 aliphatic carbocycles. The Morgan fingerprint density at radius 2 is 1.88 bits per heavy atom. The lowest BCUT2D eigenvalue weighted by molar-refractivity contribution is 0.242. The Morgan fingerprint density at radius 3 is 2.62 bits per heavy atom. The number of nitrogens with one attached hydrogen (secondary N) is 1. The van der Waals surface area contributed by atoms with Gasteiger partial charge < -0.3 is 15.8 Å². The molecular formula is C20H25N3O. The van der Waals surface area contributed by atoms with Gasteiger partial charge in [-0.15, -0.1) is 0 Å². The predicted molar refractivity (Wildman–Crippen MR) is 99.6 cm³/mol. The zero-order valence-electron chi connectivity index (χ0n) is 14.4. The number of guanidine groups is 1. The molecule has 126 valence electrons. The van der Waals surface area contributed by atoms with Crippen LogP contribution in [0.5, 0.6) is 5.75 Å². The monoisotopic (exact) mass is 323 g/mol. The lowest BCUT2D eigenvalue weighted by Crippen LogP contribution is -2.22. The first kappa shape index (κ1) is 16.4. The first-order valence-corrected chi connectivity index (χ1v) is 8.54. The van der Waals surface area contributed by atoms with Crippen LogP contribution in [0.4, 0.5) is 5.69 Å². The molecule has 1 aliphatic rings. The van der Waals surface area contributed by atoms with Gasteiger partial charge in [0.05, 0.1) is 12.6 Å². The number of fused-ring (bicyclic) bond motifs is 1. The van der Waals surface area contributed by atoms with E-state index >= 15 is 0 Å². The molecule has 3 rings (SSSR count). The van der Waals surface area contributed by atoms with Crippen LogP contribution >= 0.6 is 0 Å². The molecule has 0 amide bonds. The fraction of sp³-hybridized carbons (Fsp3) is 0.350. The first-order valence-electron chi connectivity index (χ1n) is 8.54. The van der Waals surface area contributed by atoms with Gasteiger partial charge in [0.15, 0.2) is 5.96 Å². The second-order valence-electron chi connectivity index (χ2n) is 6.47. The molecule has 2 aromatic carbocycles. The van der Waals surface area contributed by atoms with Crippen LogP contribution in [-0.4, -0.2) is 12.1 Å². The highest BCUT2D eigenvalue weighted by atomic mass is 16.5. The molecule has 3 N–H and O–H groups in total. The maximum absolute atomic E-state index is 5.99. The van der Waals surface area contributed by atoms with Crippen molar-refractivity contribution >= 4 is 11.6 Å². The molecule has 0 radical (unpaired) electrons. The number of aliphatic imine (C=N–C) groups is 1. The molecule has 0 fully saturated rings. The summed E-state index contributed by atoms with van der Waals surface area (Å²) in [5.41, 5.74) is 11.1. The van der Waals surface area contributed by atoms with E-state index in [-0.39, 0.29) is 6.10 Å². The summed E-state index contributed by atoms with van der Waals surface area (Å²) in [4.78, 5) is 4.44. The molecular weight excluding hydrogens is 298 g/mol. The summed E-state index contributed by atoms with van der Waals surface area (Å²) in [6.45, 7) is 4.62. The zero-order chi connectivity index (χ0) is 16.9. The standard InChI is InChI=1S/C20H25N3O/c1-14(2)24-19-10-8-18(9-11-19)23-20(21)22-13-15-6-7-16-4-3-5-17(16)12-15/h6-12,14H,3-5,13H2,1-2H3,(H3,21,22,23). The Balaban J connectivity index is 1.58. The minimum absolute atomic E-state index is 0.169. The minimum Gasteiger partial charge on any atom is -0.491 e. The minimum atomic E-state index is 0.169. The maximum atomic E-state index is 5.99. The van der Waals surface area contributed by atoms with Crippen molar-refractivity contribution in [3.8, 4) is 5.75 Å². The summed E-state index contributed by atoms with van der Waals surface area (Å²) in [6.07, 6.45) is 3.83. The van der Waals surface area contributed by atoms with Crippen LogP contribution in [-0.2, 0) is 19.4 Å². The second kappa shape index (κ2) is 7.39. The number of rotatable bonds is 5. The Hall–Kier alpha value is -2.49. The number of nitrogens with two attached hydrogens (primary N) is 1. The number of nitrogens with zero attached hydrogens (tertiary/aromatic N) is 1. The lowest BCUT2D eigenvalue weighted by Gasteiger charge is -2.11. The van der Waals surface area contributed by atoms with E-state index in [9.17, 15) is 0 Å². The van der Waals surface area contributed by atoms with Gasteiger partial charge >= 0.3 is 0 Å². The van der Waals surface area contributed by atoms with Crippen LogP contribution in [0.1, 0.15) is 37.0 Å². The number of hydrogen-bond acceptors (Lipinski definition) is 2. The Morgan fingerprint density at radius 1 is 1.12 bits per heavy atom. The van der Waals surface area contributed by atoms with Gasteiger partial charge in [0.2, 0.25) is 0 Å². The summed E-state index contributed by atoms with van der Waals surface area (Å²) >= 11 is 0. The number of hydrogen-bond donors (Lipinski definition) is 2. The summed E-state index contributed by atoms with van der Waals surface area (Å²) in [7, 11) is 0. The van der Waals surface area contributed by atoms with E-state index in [1.165, 1.54) is 36.0 Å². The molecule has 4 nitrogen and oxygen atoms in total. The third kappa shape index (κ3) is 4.28. The van der Waals surface area contributed by atoms with Crippen molar-refractivity contribution in [3.05, 3.63) is 59.2 Å². The van der Waals surface area contributed by atoms with Crippen molar-refractivity contribution in [2.45, 2.75) is 45.8 Å². The van der Waals surface area contributed by atoms with Crippen molar-refractivity contribution in [1.82, 2.24) is 0 Å². The molecule has 0 aliphatic heterocycles. The van der Waals surface area contributed by atoms with Gasteiger partial charge in [0.25, 0.3) is 0 Å². The smallest absolute Gasteiger partial charge is 0.193 e. The molecule has 2 aromatic rings. The van der Waals surface area contributed by atoms with Crippen LogP contribution in [0, 0.1) is 0 Å².